The van der Waals surface area contributed by atoms with Crippen molar-refractivity contribution in [2.24, 2.45) is 0 Å². The number of rotatable bonds is 4. The van der Waals surface area contributed by atoms with Gasteiger partial charge >= 0.3 is 0 Å². The highest BCUT2D eigenvalue weighted by Gasteiger charge is 2.53. The van der Waals surface area contributed by atoms with Crippen molar-refractivity contribution in [3.8, 4) is 0 Å². The Kier molecular flexibility index (Phi) is 3.50. The number of hydrogen-bond acceptors (Lipinski definition) is 4. The zero-order valence-electron chi connectivity index (χ0n) is 11.7. The molecule has 5 heteroatoms. The van der Waals surface area contributed by atoms with Gasteiger partial charge in [0, 0.05) is 0 Å². The average molecular weight is 277 g/mol. The standard InChI is InChI=1S/C15H19NO4/c1-15(2)19-13-8-16(17)12(14(13)20-15)10-18-9-11-6-4-3-5-7-11/h3-8,12-14H,9-10H2,1-2H3/t12-,13-,14+/m1/s1. The molecule has 0 saturated carbocycles. The molecule has 3 atom stereocenters. The maximum atomic E-state index is 11.9. The molecule has 1 aromatic rings. The van der Waals surface area contributed by atoms with Gasteiger partial charge in [0.25, 0.3) is 0 Å². The normalized spacial score (nSPS) is 31.1. The highest BCUT2D eigenvalue weighted by Crippen LogP contribution is 2.32. The molecule has 0 aromatic heterocycles. The van der Waals surface area contributed by atoms with Crippen LogP contribution in [0.5, 0.6) is 0 Å². The Labute approximate surface area is 118 Å². The molecule has 2 heterocycles. The van der Waals surface area contributed by atoms with Crippen molar-refractivity contribution in [1.82, 2.24) is 0 Å². The van der Waals surface area contributed by atoms with Gasteiger partial charge < -0.3 is 19.4 Å². The molecule has 2 aliphatic rings. The van der Waals surface area contributed by atoms with Crippen LogP contribution in [0.4, 0.5) is 0 Å². The lowest BCUT2D eigenvalue weighted by molar-refractivity contribution is -0.506. The second-order valence-corrected chi connectivity index (χ2v) is 5.64. The van der Waals surface area contributed by atoms with Gasteiger partial charge in [0.1, 0.15) is 6.61 Å². The predicted octanol–water partition coefficient (Wildman–Crippen LogP) is 1.69. The molecule has 1 aromatic carbocycles. The van der Waals surface area contributed by atoms with Gasteiger partial charge in [-0.1, -0.05) is 30.3 Å². The first-order valence-electron chi connectivity index (χ1n) is 6.83. The molecular weight excluding hydrogens is 258 g/mol. The molecule has 108 valence electrons. The molecule has 0 aliphatic carbocycles. The topological polar surface area (TPSA) is 53.8 Å². The predicted molar refractivity (Wildman–Crippen MR) is 73.4 cm³/mol. The lowest BCUT2D eigenvalue weighted by Crippen LogP contribution is -2.37. The van der Waals surface area contributed by atoms with Gasteiger partial charge in [-0.15, -0.1) is 0 Å². The zero-order chi connectivity index (χ0) is 14.2. The maximum Gasteiger partial charge on any atom is 0.215 e. The third kappa shape index (κ3) is 2.70. The van der Waals surface area contributed by atoms with Crippen LogP contribution in [0.25, 0.3) is 0 Å². The molecule has 5 nitrogen and oxygen atoms in total. The summed E-state index contributed by atoms with van der Waals surface area (Å²) in [4.78, 5) is 0. The quantitative estimate of drug-likeness (QED) is 0.621. The molecule has 0 N–H and O–H groups in total. The van der Waals surface area contributed by atoms with Crippen molar-refractivity contribution < 1.29 is 18.9 Å². The first kappa shape index (κ1) is 13.5. The van der Waals surface area contributed by atoms with Crippen LogP contribution in [-0.2, 0) is 20.8 Å². The minimum atomic E-state index is -0.634. The van der Waals surface area contributed by atoms with Crippen LogP contribution >= 0.6 is 0 Å². The van der Waals surface area contributed by atoms with Crippen LogP contribution in [0, 0.1) is 5.21 Å². The van der Waals surface area contributed by atoms with Crippen LogP contribution < -0.4 is 0 Å². The molecule has 0 bridgehead atoms. The van der Waals surface area contributed by atoms with Gasteiger partial charge in [-0.2, -0.15) is 0 Å². The fourth-order valence-corrected chi connectivity index (χ4v) is 2.67. The van der Waals surface area contributed by atoms with Crippen molar-refractivity contribution in [3.05, 3.63) is 41.1 Å². The second-order valence-electron chi connectivity index (χ2n) is 5.64. The summed E-state index contributed by atoms with van der Waals surface area (Å²) in [6.07, 6.45) is 1.02. The number of fused-ring (bicyclic) bond motifs is 1. The summed E-state index contributed by atoms with van der Waals surface area (Å²) in [6, 6.07) is 9.55. The van der Waals surface area contributed by atoms with E-state index in [4.69, 9.17) is 14.2 Å². The Bertz CT molecular complexity index is 500. The molecular formula is C15H19NO4. The van der Waals surface area contributed by atoms with Gasteiger partial charge in [0.05, 0.1) is 6.61 Å². The van der Waals surface area contributed by atoms with Crippen molar-refractivity contribution in [2.45, 2.75) is 44.5 Å². The van der Waals surface area contributed by atoms with Crippen LogP contribution in [0.3, 0.4) is 0 Å². The summed E-state index contributed by atoms with van der Waals surface area (Å²) in [7, 11) is 0. The van der Waals surface area contributed by atoms with E-state index in [1.807, 2.05) is 44.2 Å². The molecule has 1 saturated heterocycles. The highest BCUT2D eigenvalue weighted by molar-refractivity contribution is 5.61. The molecule has 0 amide bonds. The van der Waals surface area contributed by atoms with Gasteiger partial charge in [0.15, 0.2) is 24.2 Å². The number of ether oxygens (including phenoxy) is 3. The van der Waals surface area contributed by atoms with Crippen molar-refractivity contribution >= 4 is 6.21 Å². The van der Waals surface area contributed by atoms with Gasteiger partial charge in [0.2, 0.25) is 6.04 Å². The Morgan fingerprint density at radius 3 is 2.75 bits per heavy atom. The van der Waals surface area contributed by atoms with Crippen LogP contribution in [0.2, 0.25) is 0 Å². The summed E-state index contributed by atoms with van der Waals surface area (Å²) in [5, 5.41) is 11.9. The fourth-order valence-electron chi connectivity index (χ4n) is 2.67. The van der Waals surface area contributed by atoms with Gasteiger partial charge in [-0.25, -0.2) is 4.74 Å². The molecule has 2 aliphatic heterocycles. The molecule has 0 unspecified atom stereocenters. The van der Waals surface area contributed by atoms with E-state index in [1.54, 1.807) is 0 Å². The lowest BCUT2D eigenvalue weighted by atomic mass is 10.1. The van der Waals surface area contributed by atoms with Crippen LogP contribution in [0.15, 0.2) is 30.3 Å². The summed E-state index contributed by atoms with van der Waals surface area (Å²) in [6.45, 7) is 4.54. The van der Waals surface area contributed by atoms with E-state index in [0.717, 1.165) is 10.3 Å². The van der Waals surface area contributed by atoms with Crippen molar-refractivity contribution in [1.29, 1.82) is 0 Å². The number of benzene rings is 1. The van der Waals surface area contributed by atoms with E-state index in [9.17, 15) is 5.21 Å². The number of hydrogen-bond donors (Lipinski definition) is 0. The third-order valence-corrected chi connectivity index (χ3v) is 3.56. The molecule has 20 heavy (non-hydrogen) atoms. The minimum absolute atomic E-state index is 0.252. The number of nitrogens with zero attached hydrogens (tertiary/aromatic N) is 1. The largest absolute Gasteiger partial charge is 0.624 e. The SMILES string of the molecule is CC1(C)O[C@H]2[C@@H](COCc3ccccc3)[N+]([O-])=C[C@H]2O1. The third-order valence-electron chi connectivity index (χ3n) is 3.56. The molecule has 1 fully saturated rings. The van der Waals surface area contributed by atoms with E-state index in [2.05, 4.69) is 0 Å². The van der Waals surface area contributed by atoms with Crippen molar-refractivity contribution in [3.63, 3.8) is 0 Å². The number of hydroxylamine groups is 1. The zero-order valence-corrected chi connectivity index (χ0v) is 11.7. The lowest BCUT2D eigenvalue weighted by Gasteiger charge is -2.21. The van der Waals surface area contributed by atoms with Crippen LogP contribution in [0.1, 0.15) is 19.4 Å². The summed E-state index contributed by atoms with van der Waals surface area (Å²) in [5.41, 5.74) is 1.09. The molecule has 0 radical (unpaired) electrons. The first-order valence-corrected chi connectivity index (χ1v) is 6.83. The smallest absolute Gasteiger partial charge is 0.215 e. The first-order chi connectivity index (χ1) is 9.55. The molecule has 0 spiro atoms. The second kappa shape index (κ2) is 5.16. The van der Waals surface area contributed by atoms with E-state index >= 15 is 0 Å². The van der Waals surface area contributed by atoms with Gasteiger partial charge in [-0.3, -0.25) is 0 Å². The fraction of sp³-hybridized carbons (Fsp3) is 0.533. The minimum Gasteiger partial charge on any atom is -0.624 e. The summed E-state index contributed by atoms with van der Waals surface area (Å²) >= 11 is 0. The Hall–Kier alpha value is -1.43. The monoisotopic (exact) mass is 277 g/mol. The Morgan fingerprint density at radius 2 is 2.00 bits per heavy atom. The Morgan fingerprint density at radius 1 is 1.25 bits per heavy atom. The highest BCUT2D eigenvalue weighted by atomic mass is 16.8. The maximum absolute atomic E-state index is 11.9. The van der Waals surface area contributed by atoms with E-state index in [-0.39, 0.29) is 18.2 Å². The summed E-state index contributed by atoms with van der Waals surface area (Å²) in [5.74, 6) is -0.634. The average Bonchev–Trinajstić information content (AvgIpc) is 2.83. The molecule has 3 rings (SSSR count). The van der Waals surface area contributed by atoms with Gasteiger partial charge in [-0.05, 0) is 19.4 Å². The van der Waals surface area contributed by atoms with E-state index in [0.29, 0.717) is 13.2 Å². The van der Waals surface area contributed by atoms with E-state index in [1.165, 1.54) is 6.21 Å². The van der Waals surface area contributed by atoms with E-state index < -0.39 is 5.79 Å². The van der Waals surface area contributed by atoms with Crippen molar-refractivity contribution in [2.75, 3.05) is 6.61 Å². The van der Waals surface area contributed by atoms with Crippen LogP contribution in [-0.4, -0.2) is 41.6 Å². The Balaban J connectivity index is 1.57. The summed E-state index contributed by atoms with van der Waals surface area (Å²) < 4.78 is 18.0.